The standard InChI is InChI=1S/C10H20F2O3S/c11-10(12)8-6-4-2-1-3-5-7-9-16(13,14)15/h10H,1-9H2,(H,13,14,15)/p-1. The van der Waals surface area contributed by atoms with Crippen molar-refractivity contribution in [3.63, 3.8) is 0 Å². The molecule has 0 fully saturated rings. The van der Waals surface area contributed by atoms with E-state index in [1.54, 1.807) is 0 Å². The Hall–Kier alpha value is -0.230. The molecule has 0 saturated heterocycles. The van der Waals surface area contributed by atoms with Gasteiger partial charge in [-0.15, -0.1) is 0 Å². The average Bonchev–Trinajstić information content (AvgIpc) is 2.13. The molecule has 3 nitrogen and oxygen atoms in total. The van der Waals surface area contributed by atoms with Crippen LogP contribution >= 0.6 is 0 Å². The molecule has 0 saturated carbocycles. The molecule has 16 heavy (non-hydrogen) atoms. The molecule has 0 N–H and O–H groups in total. The minimum atomic E-state index is -4.07. The third kappa shape index (κ3) is 13.8. The molecule has 0 aromatic carbocycles. The zero-order chi connectivity index (χ0) is 12.4. The van der Waals surface area contributed by atoms with E-state index in [9.17, 15) is 21.8 Å². The maximum absolute atomic E-state index is 11.7. The molecule has 0 aromatic rings. The van der Waals surface area contributed by atoms with E-state index in [2.05, 4.69) is 0 Å². The number of rotatable bonds is 10. The summed E-state index contributed by atoms with van der Waals surface area (Å²) in [6, 6.07) is 0. The van der Waals surface area contributed by atoms with Gasteiger partial charge in [0.05, 0.1) is 10.1 Å². The molecule has 0 aromatic heterocycles. The molecule has 6 heteroatoms. The molecule has 0 unspecified atom stereocenters. The van der Waals surface area contributed by atoms with Crippen molar-refractivity contribution in [2.24, 2.45) is 0 Å². The van der Waals surface area contributed by atoms with E-state index in [0.29, 0.717) is 12.8 Å². The lowest BCUT2D eigenvalue weighted by atomic mass is 10.1. The molecule has 0 bridgehead atoms. The van der Waals surface area contributed by atoms with Gasteiger partial charge in [0.25, 0.3) is 0 Å². The third-order valence-corrected chi connectivity index (χ3v) is 3.11. The van der Waals surface area contributed by atoms with Gasteiger partial charge in [-0.3, -0.25) is 0 Å². The SMILES string of the molecule is O=S(=O)([O-])CCCCCCCCCC(F)F. The van der Waals surface area contributed by atoms with Gasteiger partial charge in [0.2, 0.25) is 6.43 Å². The Balaban J connectivity index is 3.10. The number of hydrogen-bond donors (Lipinski definition) is 0. The highest BCUT2D eigenvalue weighted by molar-refractivity contribution is 7.85. The average molecular weight is 257 g/mol. The quantitative estimate of drug-likeness (QED) is 0.446. The van der Waals surface area contributed by atoms with Gasteiger partial charge in [-0.1, -0.05) is 32.1 Å². The van der Waals surface area contributed by atoms with Crippen molar-refractivity contribution in [3.8, 4) is 0 Å². The van der Waals surface area contributed by atoms with Crippen molar-refractivity contribution >= 4 is 10.1 Å². The maximum atomic E-state index is 11.7. The Kier molecular flexibility index (Phi) is 8.74. The van der Waals surface area contributed by atoms with Crippen LogP contribution in [0.5, 0.6) is 0 Å². The second kappa shape index (κ2) is 8.87. The van der Waals surface area contributed by atoms with E-state index in [0.717, 1.165) is 32.1 Å². The summed E-state index contributed by atoms with van der Waals surface area (Å²) in [5, 5.41) is 0. The second-order valence-corrected chi connectivity index (χ2v) is 5.44. The van der Waals surface area contributed by atoms with E-state index in [1.165, 1.54) is 0 Å². The van der Waals surface area contributed by atoms with Crippen molar-refractivity contribution < 1.29 is 21.8 Å². The predicted molar refractivity (Wildman–Crippen MR) is 57.5 cm³/mol. The van der Waals surface area contributed by atoms with E-state index >= 15 is 0 Å². The van der Waals surface area contributed by atoms with Crippen LogP contribution in [0.15, 0.2) is 0 Å². The van der Waals surface area contributed by atoms with Crippen LogP contribution < -0.4 is 0 Å². The van der Waals surface area contributed by atoms with Gasteiger partial charge in [0.1, 0.15) is 0 Å². The van der Waals surface area contributed by atoms with Crippen LogP contribution in [0.3, 0.4) is 0 Å². The number of halogens is 2. The number of alkyl halides is 2. The molecule has 0 aliphatic heterocycles. The van der Waals surface area contributed by atoms with Gasteiger partial charge in [0.15, 0.2) is 0 Å². The summed E-state index contributed by atoms with van der Waals surface area (Å²) in [5.41, 5.74) is 0. The lowest BCUT2D eigenvalue weighted by Crippen LogP contribution is -2.03. The van der Waals surface area contributed by atoms with Crippen molar-refractivity contribution in [1.82, 2.24) is 0 Å². The minimum absolute atomic E-state index is 0.0333. The Morgan fingerprint density at radius 3 is 1.75 bits per heavy atom. The highest BCUT2D eigenvalue weighted by atomic mass is 32.2. The first-order valence-electron chi connectivity index (χ1n) is 5.63. The predicted octanol–water partition coefficient (Wildman–Crippen LogP) is 2.92. The van der Waals surface area contributed by atoms with Crippen LogP contribution in [-0.4, -0.2) is 25.1 Å². The fourth-order valence-corrected chi connectivity index (χ4v) is 2.02. The van der Waals surface area contributed by atoms with E-state index in [-0.39, 0.29) is 12.2 Å². The van der Waals surface area contributed by atoms with Gasteiger partial charge >= 0.3 is 0 Å². The largest absolute Gasteiger partial charge is 0.748 e. The molecule has 0 atom stereocenters. The lowest BCUT2D eigenvalue weighted by Gasteiger charge is -2.05. The summed E-state index contributed by atoms with van der Waals surface area (Å²) in [7, 11) is -4.07. The fraction of sp³-hybridized carbons (Fsp3) is 1.00. The summed E-state index contributed by atoms with van der Waals surface area (Å²) in [4.78, 5) is 0. The molecule has 0 amide bonds. The van der Waals surface area contributed by atoms with Gasteiger partial charge in [-0.2, -0.15) is 0 Å². The normalized spacial score (nSPS) is 12.2. The van der Waals surface area contributed by atoms with Gasteiger partial charge in [-0.25, -0.2) is 17.2 Å². The Morgan fingerprint density at radius 2 is 1.31 bits per heavy atom. The van der Waals surface area contributed by atoms with Crippen LogP contribution in [0.2, 0.25) is 0 Å². The molecule has 98 valence electrons. The van der Waals surface area contributed by atoms with E-state index in [1.807, 2.05) is 0 Å². The fourth-order valence-electron chi connectivity index (χ4n) is 1.46. The molecular weight excluding hydrogens is 238 g/mol. The molecule has 0 aliphatic rings. The monoisotopic (exact) mass is 257 g/mol. The molecule has 0 rings (SSSR count). The Labute approximate surface area is 96.0 Å². The van der Waals surface area contributed by atoms with Crippen molar-refractivity contribution in [1.29, 1.82) is 0 Å². The number of unbranched alkanes of at least 4 members (excludes halogenated alkanes) is 6. The third-order valence-electron chi connectivity index (χ3n) is 2.32. The molecule has 0 radical (unpaired) electrons. The summed E-state index contributed by atoms with van der Waals surface area (Å²) in [6.07, 6.45) is 2.91. The topological polar surface area (TPSA) is 57.2 Å². The summed E-state index contributed by atoms with van der Waals surface area (Å²) < 4.78 is 54.2. The molecule has 0 spiro atoms. The van der Waals surface area contributed by atoms with Crippen LogP contribution in [-0.2, 0) is 10.1 Å². The van der Waals surface area contributed by atoms with Gasteiger partial charge in [-0.05, 0) is 12.8 Å². The first-order chi connectivity index (χ1) is 7.42. The minimum Gasteiger partial charge on any atom is -0.748 e. The molecular formula is C10H19F2O3S-. The summed E-state index contributed by atoms with van der Waals surface area (Å²) in [6.45, 7) is 0. The van der Waals surface area contributed by atoms with Crippen LogP contribution in [0, 0.1) is 0 Å². The van der Waals surface area contributed by atoms with Crippen LogP contribution in [0.25, 0.3) is 0 Å². The highest BCUT2D eigenvalue weighted by Gasteiger charge is 2.01. The van der Waals surface area contributed by atoms with Gasteiger partial charge < -0.3 is 4.55 Å². The highest BCUT2D eigenvalue weighted by Crippen LogP contribution is 2.11. The van der Waals surface area contributed by atoms with Crippen LogP contribution in [0.1, 0.15) is 51.4 Å². The Bertz CT molecular complexity index is 253. The first kappa shape index (κ1) is 15.8. The van der Waals surface area contributed by atoms with Crippen LogP contribution in [0.4, 0.5) is 8.78 Å². The van der Waals surface area contributed by atoms with Gasteiger partial charge in [0, 0.05) is 12.2 Å². The lowest BCUT2D eigenvalue weighted by molar-refractivity contribution is 0.133. The van der Waals surface area contributed by atoms with Crippen molar-refractivity contribution in [2.75, 3.05) is 5.75 Å². The van der Waals surface area contributed by atoms with Crippen molar-refractivity contribution in [2.45, 2.75) is 57.8 Å². The van der Waals surface area contributed by atoms with Crippen molar-refractivity contribution in [3.05, 3.63) is 0 Å². The molecule has 0 aliphatic carbocycles. The summed E-state index contributed by atoms with van der Waals surface area (Å²) >= 11 is 0. The molecule has 0 heterocycles. The Morgan fingerprint density at radius 1 is 0.875 bits per heavy atom. The first-order valence-corrected chi connectivity index (χ1v) is 7.21. The smallest absolute Gasteiger partial charge is 0.238 e. The number of hydrogen-bond acceptors (Lipinski definition) is 3. The second-order valence-electron chi connectivity index (χ2n) is 3.92. The van der Waals surface area contributed by atoms with E-state index < -0.39 is 16.5 Å². The summed E-state index contributed by atoms with van der Waals surface area (Å²) in [5.74, 6) is -0.293. The van der Waals surface area contributed by atoms with E-state index in [4.69, 9.17) is 0 Å². The maximum Gasteiger partial charge on any atom is 0.238 e. The zero-order valence-electron chi connectivity index (χ0n) is 9.33. The zero-order valence-corrected chi connectivity index (χ0v) is 10.1.